The van der Waals surface area contributed by atoms with E-state index in [-0.39, 0.29) is 17.8 Å². The molecule has 7 atom stereocenters. The largest absolute Gasteiger partial charge is 0.480 e. The molecule has 0 aromatic heterocycles. The fraction of sp³-hybridized carbons (Fsp3) is 0.818. The summed E-state index contributed by atoms with van der Waals surface area (Å²) in [5.41, 5.74) is 5.97. The van der Waals surface area contributed by atoms with Gasteiger partial charge in [-0.15, -0.1) is 0 Å². The fourth-order valence-corrected chi connectivity index (χ4v) is 3.07. The lowest BCUT2D eigenvalue weighted by Crippen LogP contribution is -2.60. The molecule has 0 radical (unpaired) electrons. The van der Waals surface area contributed by atoms with Gasteiger partial charge in [0.05, 0.1) is 12.1 Å². The molecule has 7 N–H and O–H groups in total. The van der Waals surface area contributed by atoms with Gasteiger partial charge in [0.15, 0.2) is 0 Å². The molecule has 186 valence electrons. The molecule has 0 aliphatic carbocycles. The SMILES string of the molecule is CCC(C)C(N)C(=O)NC(CC(C)C)C(=O)NC(C(=O)NC(C(=O)O)C(C)CC)C(C)O. The smallest absolute Gasteiger partial charge is 0.326 e. The summed E-state index contributed by atoms with van der Waals surface area (Å²) in [6.45, 7) is 12.3. The van der Waals surface area contributed by atoms with Crippen molar-refractivity contribution in [2.24, 2.45) is 23.5 Å². The number of aliphatic hydroxyl groups excluding tert-OH is 1. The Balaban J connectivity index is 5.50. The van der Waals surface area contributed by atoms with Crippen LogP contribution >= 0.6 is 0 Å². The number of rotatable bonds is 14. The second-order valence-corrected chi connectivity index (χ2v) is 9.04. The topological polar surface area (TPSA) is 171 Å². The van der Waals surface area contributed by atoms with Gasteiger partial charge in [-0.1, -0.05) is 54.4 Å². The summed E-state index contributed by atoms with van der Waals surface area (Å²) in [5, 5.41) is 27.0. The van der Waals surface area contributed by atoms with Crippen LogP contribution in [0.25, 0.3) is 0 Å². The average molecular weight is 459 g/mol. The van der Waals surface area contributed by atoms with Crippen LogP contribution in [-0.2, 0) is 19.2 Å². The summed E-state index contributed by atoms with van der Waals surface area (Å²) in [5.74, 6) is -3.52. The Labute approximate surface area is 191 Å². The number of aliphatic carboxylic acids is 1. The van der Waals surface area contributed by atoms with Crippen LogP contribution in [-0.4, -0.2) is 64.2 Å². The van der Waals surface area contributed by atoms with Crippen LogP contribution in [0.1, 0.15) is 67.7 Å². The van der Waals surface area contributed by atoms with Crippen molar-refractivity contribution in [2.75, 3.05) is 0 Å². The standard InChI is InChI=1S/C22H42N4O6/c1-8-12(5)16(23)20(29)24-15(10-11(3)4)19(28)26-18(14(7)27)21(30)25-17(22(31)32)13(6)9-2/h11-18,27H,8-10,23H2,1-7H3,(H,24,29)(H,25,30)(H,26,28)(H,31,32). The third-order valence-corrected chi connectivity index (χ3v) is 5.74. The maximum Gasteiger partial charge on any atom is 0.326 e. The first-order chi connectivity index (χ1) is 14.8. The number of amides is 3. The Hall–Kier alpha value is -2.20. The van der Waals surface area contributed by atoms with Crippen LogP contribution in [0.4, 0.5) is 0 Å². The lowest BCUT2D eigenvalue weighted by Gasteiger charge is -2.28. The molecule has 10 heteroatoms. The summed E-state index contributed by atoms with van der Waals surface area (Å²) in [6, 6.07) is -4.30. The number of nitrogens with two attached hydrogens (primary N) is 1. The predicted octanol–water partition coefficient (Wildman–Crippen LogP) is 0.372. The summed E-state index contributed by atoms with van der Waals surface area (Å²) >= 11 is 0. The Morgan fingerprint density at radius 3 is 1.69 bits per heavy atom. The Kier molecular flexibility index (Phi) is 13.1. The first-order valence-corrected chi connectivity index (χ1v) is 11.3. The number of aliphatic hydroxyl groups is 1. The van der Waals surface area contributed by atoms with Crippen LogP contribution in [0.3, 0.4) is 0 Å². The molecular weight excluding hydrogens is 416 g/mol. The maximum absolute atomic E-state index is 12.9. The highest BCUT2D eigenvalue weighted by molar-refractivity contribution is 5.94. The summed E-state index contributed by atoms with van der Waals surface area (Å²) in [6.07, 6.45) is 0.217. The van der Waals surface area contributed by atoms with E-state index in [0.29, 0.717) is 19.3 Å². The molecule has 0 fully saturated rings. The number of carbonyl (C=O) groups excluding carboxylic acids is 3. The molecule has 0 aliphatic heterocycles. The number of carboxylic acid groups (broad SMARTS) is 1. The molecule has 0 saturated carbocycles. The van der Waals surface area contributed by atoms with E-state index >= 15 is 0 Å². The van der Waals surface area contributed by atoms with Crippen molar-refractivity contribution in [2.45, 2.75) is 98.0 Å². The van der Waals surface area contributed by atoms with Gasteiger partial charge in [0.1, 0.15) is 18.1 Å². The summed E-state index contributed by atoms with van der Waals surface area (Å²) in [7, 11) is 0. The number of carboxylic acids is 1. The van der Waals surface area contributed by atoms with E-state index in [9.17, 15) is 29.4 Å². The van der Waals surface area contributed by atoms with Crippen molar-refractivity contribution in [3.63, 3.8) is 0 Å². The van der Waals surface area contributed by atoms with Crippen LogP contribution < -0.4 is 21.7 Å². The Morgan fingerprint density at radius 1 is 0.781 bits per heavy atom. The van der Waals surface area contributed by atoms with Gasteiger partial charge >= 0.3 is 5.97 Å². The number of hydrogen-bond acceptors (Lipinski definition) is 6. The molecule has 0 spiro atoms. The van der Waals surface area contributed by atoms with E-state index in [4.69, 9.17) is 5.73 Å². The minimum absolute atomic E-state index is 0.0477. The number of nitrogens with one attached hydrogen (secondary N) is 3. The second kappa shape index (κ2) is 14.1. The first-order valence-electron chi connectivity index (χ1n) is 11.3. The van der Waals surface area contributed by atoms with Crippen LogP contribution in [0, 0.1) is 17.8 Å². The van der Waals surface area contributed by atoms with Gasteiger partial charge < -0.3 is 31.9 Å². The Bertz CT molecular complexity index is 640. The fourth-order valence-electron chi connectivity index (χ4n) is 3.07. The lowest BCUT2D eigenvalue weighted by molar-refractivity contribution is -0.144. The van der Waals surface area contributed by atoms with Gasteiger partial charge in [-0.05, 0) is 31.1 Å². The molecule has 0 aromatic carbocycles. The molecule has 0 aromatic rings. The highest BCUT2D eigenvalue weighted by atomic mass is 16.4. The molecule has 0 saturated heterocycles. The second-order valence-electron chi connectivity index (χ2n) is 9.04. The molecule has 0 aliphatic rings. The van der Waals surface area contributed by atoms with Crippen molar-refractivity contribution in [1.82, 2.24) is 16.0 Å². The molecule has 10 nitrogen and oxygen atoms in total. The van der Waals surface area contributed by atoms with E-state index in [1.165, 1.54) is 6.92 Å². The van der Waals surface area contributed by atoms with Crippen LogP contribution in [0.2, 0.25) is 0 Å². The van der Waals surface area contributed by atoms with Gasteiger partial charge in [0, 0.05) is 0 Å². The summed E-state index contributed by atoms with van der Waals surface area (Å²) < 4.78 is 0. The molecule has 0 rings (SSSR count). The minimum atomic E-state index is -1.39. The molecular formula is C22H42N4O6. The lowest BCUT2D eigenvalue weighted by atomic mass is 9.97. The van der Waals surface area contributed by atoms with E-state index in [2.05, 4.69) is 16.0 Å². The van der Waals surface area contributed by atoms with E-state index in [1.54, 1.807) is 13.8 Å². The zero-order chi connectivity index (χ0) is 25.2. The van der Waals surface area contributed by atoms with E-state index in [0.717, 1.165) is 0 Å². The molecule has 7 unspecified atom stereocenters. The zero-order valence-electron chi connectivity index (χ0n) is 20.3. The van der Waals surface area contributed by atoms with Crippen molar-refractivity contribution in [3.8, 4) is 0 Å². The normalized spacial score (nSPS) is 17.9. The van der Waals surface area contributed by atoms with E-state index < -0.39 is 54.0 Å². The number of carbonyl (C=O) groups is 4. The van der Waals surface area contributed by atoms with Gasteiger partial charge in [-0.3, -0.25) is 14.4 Å². The van der Waals surface area contributed by atoms with Crippen molar-refractivity contribution >= 4 is 23.7 Å². The monoisotopic (exact) mass is 458 g/mol. The summed E-state index contributed by atoms with van der Waals surface area (Å²) in [4.78, 5) is 49.7. The molecule has 0 bridgehead atoms. The highest BCUT2D eigenvalue weighted by Crippen LogP contribution is 2.11. The van der Waals surface area contributed by atoms with Gasteiger partial charge in [-0.25, -0.2) is 4.79 Å². The van der Waals surface area contributed by atoms with Crippen LogP contribution in [0.15, 0.2) is 0 Å². The van der Waals surface area contributed by atoms with Crippen molar-refractivity contribution < 1.29 is 29.4 Å². The quantitative estimate of drug-likeness (QED) is 0.218. The van der Waals surface area contributed by atoms with Crippen molar-refractivity contribution in [1.29, 1.82) is 0 Å². The molecule has 0 heterocycles. The van der Waals surface area contributed by atoms with Gasteiger partial charge in [0.25, 0.3) is 0 Å². The maximum atomic E-state index is 12.9. The molecule has 3 amide bonds. The number of hydrogen-bond donors (Lipinski definition) is 6. The Morgan fingerprint density at radius 2 is 1.28 bits per heavy atom. The molecule has 32 heavy (non-hydrogen) atoms. The zero-order valence-corrected chi connectivity index (χ0v) is 20.3. The van der Waals surface area contributed by atoms with Crippen molar-refractivity contribution in [3.05, 3.63) is 0 Å². The van der Waals surface area contributed by atoms with Gasteiger partial charge in [-0.2, -0.15) is 0 Å². The first kappa shape index (κ1) is 29.8. The highest BCUT2D eigenvalue weighted by Gasteiger charge is 2.34. The third kappa shape index (κ3) is 9.52. The minimum Gasteiger partial charge on any atom is -0.480 e. The third-order valence-electron chi connectivity index (χ3n) is 5.74. The van der Waals surface area contributed by atoms with Gasteiger partial charge in [0.2, 0.25) is 17.7 Å². The average Bonchev–Trinajstić information content (AvgIpc) is 2.72. The predicted molar refractivity (Wildman–Crippen MR) is 121 cm³/mol. The van der Waals surface area contributed by atoms with E-state index in [1.807, 2.05) is 27.7 Å². The van der Waals surface area contributed by atoms with Crippen LogP contribution in [0.5, 0.6) is 0 Å².